The van der Waals surface area contributed by atoms with E-state index in [4.69, 9.17) is 0 Å². The van der Waals surface area contributed by atoms with Crippen molar-refractivity contribution >= 4 is 11.6 Å². The Morgan fingerprint density at radius 1 is 1.00 bits per heavy atom. The van der Waals surface area contributed by atoms with Crippen molar-refractivity contribution < 1.29 is 8.78 Å². The number of aryl methyl sites for hydroxylation is 1. The van der Waals surface area contributed by atoms with E-state index in [0.29, 0.717) is 11.1 Å². The lowest BCUT2D eigenvalue weighted by Crippen LogP contribution is -1.91. The van der Waals surface area contributed by atoms with E-state index < -0.39 is 11.6 Å². The van der Waals surface area contributed by atoms with E-state index in [9.17, 15) is 8.78 Å². The first-order valence-electron chi connectivity index (χ1n) is 6.18. The lowest BCUT2D eigenvalue weighted by molar-refractivity contribution is 0.577. The summed E-state index contributed by atoms with van der Waals surface area (Å²) in [7, 11) is 0. The Morgan fingerprint density at radius 3 is 2.26 bits per heavy atom. The SMILES string of the molecule is C/C(=C\c1cc(F)cc(F)c1C)c1ccc(C)cc1. The van der Waals surface area contributed by atoms with Gasteiger partial charge in [-0.05, 0) is 49.1 Å². The summed E-state index contributed by atoms with van der Waals surface area (Å²) in [5.41, 5.74) is 4.26. The predicted molar refractivity (Wildman–Crippen MR) is 75.8 cm³/mol. The lowest BCUT2D eigenvalue weighted by atomic mass is 10.0. The fraction of sp³-hybridized carbons (Fsp3) is 0.176. The first-order valence-corrected chi connectivity index (χ1v) is 6.18. The van der Waals surface area contributed by atoms with Crippen LogP contribution in [0.25, 0.3) is 11.6 Å². The quantitative estimate of drug-likeness (QED) is 0.654. The number of hydrogen-bond donors (Lipinski definition) is 0. The van der Waals surface area contributed by atoms with Crippen LogP contribution in [0.4, 0.5) is 8.78 Å². The van der Waals surface area contributed by atoms with Crippen molar-refractivity contribution in [3.8, 4) is 0 Å². The molecule has 0 radical (unpaired) electrons. The number of allylic oxidation sites excluding steroid dienone is 1. The van der Waals surface area contributed by atoms with E-state index in [1.54, 1.807) is 6.92 Å². The third-order valence-corrected chi connectivity index (χ3v) is 3.23. The van der Waals surface area contributed by atoms with E-state index in [1.807, 2.05) is 44.2 Å². The fourth-order valence-electron chi connectivity index (χ4n) is 1.95. The normalized spacial score (nSPS) is 11.7. The van der Waals surface area contributed by atoms with Crippen molar-refractivity contribution in [2.45, 2.75) is 20.8 Å². The minimum atomic E-state index is -0.550. The maximum Gasteiger partial charge on any atom is 0.129 e. The van der Waals surface area contributed by atoms with Gasteiger partial charge in [0.05, 0.1) is 0 Å². The molecule has 0 heterocycles. The molecular formula is C17H16F2. The van der Waals surface area contributed by atoms with Crippen molar-refractivity contribution in [1.82, 2.24) is 0 Å². The van der Waals surface area contributed by atoms with Gasteiger partial charge in [-0.1, -0.05) is 35.9 Å². The van der Waals surface area contributed by atoms with Gasteiger partial charge < -0.3 is 0 Å². The van der Waals surface area contributed by atoms with Gasteiger partial charge in [-0.2, -0.15) is 0 Å². The zero-order chi connectivity index (χ0) is 14.0. The van der Waals surface area contributed by atoms with Gasteiger partial charge in [0, 0.05) is 6.07 Å². The van der Waals surface area contributed by atoms with Crippen molar-refractivity contribution in [2.75, 3.05) is 0 Å². The Kier molecular flexibility index (Phi) is 3.79. The molecule has 0 N–H and O–H groups in total. The highest BCUT2D eigenvalue weighted by molar-refractivity contribution is 5.81. The summed E-state index contributed by atoms with van der Waals surface area (Å²) in [5, 5.41) is 0. The van der Waals surface area contributed by atoms with Crippen molar-refractivity contribution in [3.05, 3.63) is 70.3 Å². The summed E-state index contributed by atoms with van der Waals surface area (Å²) in [6.45, 7) is 5.62. The maximum absolute atomic E-state index is 13.5. The monoisotopic (exact) mass is 258 g/mol. The summed E-state index contributed by atoms with van der Waals surface area (Å²) < 4.78 is 26.7. The largest absolute Gasteiger partial charge is 0.207 e. The highest BCUT2D eigenvalue weighted by atomic mass is 19.1. The first-order chi connectivity index (χ1) is 8.97. The summed E-state index contributed by atoms with van der Waals surface area (Å²) in [5.74, 6) is -1.06. The number of benzene rings is 2. The molecule has 0 aromatic heterocycles. The molecule has 0 bridgehead atoms. The van der Waals surface area contributed by atoms with Crippen LogP contribution in [0.2, 0.25) is 0 Å². The van der Waals surface area contributed by atoms with E-state index in [-0.39, 0.29) is 0 Å². The van der Waals surface area contributed by atoms with Crippen LogP contribution < -0.4 is 0 Å². The summed E-state index contributed by atoms with van der Waals surface area (Å²) >= 11 is 0. The minimum absolute atomic E-state index is 0.466. The van der Waals surface area contributed by atoms with Crippen LogP contribution in [0.1, 0.15) is 29.2 Å². The summed E-state index contributed by atoms with van der Waals surface area (Å²) in [6, 6.07) is 10.3. The predicted octanol–water partition coefficient (Wildman–Crippen LogP) is 5.14. The Hall–Kier alpha value is -1.96. The average molecular weight is 258 g/mol. The molecule has 0 amide bonds. The van der Waals surface area contributed by atoms with Gasteiger partial charge in [0.25, 0.3) is 0 Å². The molecule has 0 unspecified atom stereocenters. The van der Waals surface area contributed by atoms with Crippen molar-refractivity contribution in [1.29, 1.82) is 0 Å². The standard InChI is InChI=1S/C17H16F2/c1-11-4-6-14(7-5-11)12(2)8-15-9-16(18)10-17(19)13(15)3/h4-10H,1-3H3/b12-8+. The molecule has 98 valence electrons. The van der Waals surface area contributed by atoms with Gasteiger partial charge in [0.15, 0.2) is 0 Å². The molecule has 19 heavy (non-hydrogen) atoms. The maximum atomic E-state index is 13.5. The molecule has 0 aliphatic heterocycles. The molecular weight excluding hydrogens is 242 g/mol. The molecule has 2 aromatic rings. The Balaban J connectivity index is 2.43. The molecule has 0 nitrogen and oxygen atoms in total. The molecule has 2 rings (SSSR count). The second kappa shape index (κ2) is 5.35. The van der Waals surface area contributed by atoms with Crippen LogP contribution in [-0.4, -0.2) is 0 Å². The van der Waals surface area contributed by atoms with Crippen molar-refractivity contribution in [2.24, 2.45) is 0 Å². The highest BCUT2D eigenvalue weighted by Gasteiger charge is 2.06. The van der Waals surface area contributed by atoms with Crippen LogP contribution in [0.15, 0.2) is 36.4 Å². The summed E-state index contributed by atoms with van der Waals surface area (Å²) in [4.78, 5) is 0. The third-order valence-electron chi connectivity index (χ3n) is 3.23. The topological polar surface area (TPSA) is 0 Å². The van der Waals surface area contributed by atoms with Crippen LogP contribution in [0, 0.1) is 25.5 Å². The number of hydrogen-bond acceptors (Lipinski definition) is 0. The van der Waals surface area contributed by atoms with Gasteiger partial charge in [-0.3, -0.25) is 0 Å². The molecule has 0 atom stereocenters. The molecule has 0 saturated carbocycles. The van der Waals surface area contributed by atoms with E-state index >= 15 is 0 Å². The van der Waals surface area contributed by atoms with Gasteiger partial charge in [0.1, 0.15) is 11.6 Å². The van der Waals surface area contributed by atoms with Gasteiger partial charge in [-0.25, -0.2) is 8.78 Å². The van der Waals surface area contributed by atoms with E-state index in [0.717, 1.165) is 17.2 Å². The fourth-order valence-corrected chi connectivity index (χ4v) is 1.95. The summed E-state index contributed by atoms with van der Waals surface area (Å²) in [6.07, 6.45) is 1.81. The van der Waals surface area contributed by atoms with E-state index in [2.05, 4.69) is 0 Å². The van der Waals surface area contributed by atoms with Gasteiger partial charge >= 0.3 is 0 Å². The Morgan fingerprint density at radius 2 is 1.63 bits per heavy atom. The average Bonchev–Trinajstić information content (AvgIpc) is 2.36. The Bertz CT molecular complexity index is 622. The first kappa shape index (κ1) is 13.5. The van der Waals surface area contributed by atoms with Crippen molar-refractivity contribution in [3.63, 3.8) is 0 Å². The number of rotatable bonds is 2. The van der Waals surface area contributed by atoms with Gasteiger partial charge in [-0.15, -0.1) is 0 Å². The van der Waals surface area contributed by atoms with Crippen LogP contribution >= 0.6 is 0 Å². The van der Waals surface area contributed by atoms with Gasteiger partial charge in [0.2, 0.25) is 0 Å². The van der Waals surface area contributed by atoms with Crippen LogP contribution in [0.5, 0.6) is 0 Å². The molecule has 0 aliphatic carbocycles. The van der Waals surface area contributed by atoms with Crippen LogP contribution in [0.3, 0.4) is 0 Å². The zero-order valence-electron chi connectivity index (χ0n) is 11.3. The third kappa shape index (κ3) is 3.08. The van der Waals surface area contributed by atoms with E-state index in [1.165, 1.54) is 11.6 Å². The molecule has 0 aliphatic rings. The Labute approximate surface area is 112 Å². The molecule has 0 fully saturated rings. The zero-order valence-corrected chi connectivity index (χ0v) is 11.3. The number of halogens is 2. The molecule has 2 aromatic carbocycles. The molecule has 0 saturated heterocycles. The second-order valence-electron chi connectivity index (χ2n) is 4.80. The highest BCUT2D eigenvalue weighted by Crippen LogP contribution is 2.22. The molecule has 2 heteroatoms. The smallest absolute Gasteiger partial charge is 0.129 e. The molecule has 0 spiro atoms. The second-order valence-corrected chi connectivity index (χ2v) is 4.80. The minimum Gasteiger partial charge on any atom is -0.207 e. The van der Waals surface area contributed by atoms with Crippen LogP contribution in [-0.2, 0) is 0 Å². The lowest BCUT2D eigenvalue weighted by Gasteiger charge is -2.06.